The van der Waals surface area contributed by atoms with Crippen LogP contribution in [0.15, 0.2) is 54.6 Å². The van der Waals surface area contributed by atoms with Gasteiger partial charge in [0.1, 0.15) is 5.82 Å². The van der Waals surface area contributed by atoms with Crippen LogP contribution in [-0.4, -0.2) is 68.8 Å². The molecule has 2 aromatic carbocycles. The summed E-state index contributed by atoms with van der Waals surface area (Å²) >= 11 is 0. The normalized spacial score (nSPS) is 26.7. The Kier molecular flexibility index (Phi) is 6.02. The Balaban J connectivity index is 0.952. The molecule has 1 aliphatic carbocycles. The minimum absolute atomic E-state index is 0.156. The van der Waals surface area contributed by atoms with Crippen LogP contribution in [0.5, 0.6) is 0 Å². The number of rotatable bonds is 8. The van der Waals surface area contributed by atoms with E-state index in [0.29, 0.717) is 0 Å². The zero-order valence-corrected chi connectivity index (χ0v) is 17.6. The van der Waals surface area contributed by atoms with Crippen molar-refractivity contribution in [2.75, 3.05) is 63.9 Å². The van der Waals surface area contributed by atoms with E-state index in [4.69, 9.17) is 4.74 Å². The van der Waals surface area contributed by atoms with E-state index >= 15 is 0 Å². The number of piperazine rings is 1. The summed E-state index contributed by atoms with van der Waals surface area (Å²) in [5, 5.41) is 0. The van der Waals surface area contributed by atoms with E-state index in [1.807, 2.05) is 6.07 Å². The molecule has 4 nitrogen and oxygen atoms in total. The van der Waals surface area contributed by atoms with Gasteiger partial charge in [-0.3, -0.25) is 9.80 Å². The molecule has 0 amide bonds. The molecule has 2 unspecified atom stereocenters. The van der Waals surface area contributed by atoms with Crippen molar-refractivity contribution in [2.24, 2.45) is 17.8 Å². The summed E-state index contributed by atoms with van der Waals surface area (Å²) < 4.78 is 19.5. The molecule has 0 bridgehead atoms. The number of nitrogens with zero attached hydrogens (tertiary/aromatic N) is 3. The average molecular weight is 410 g/mol. The van der Waals surface area contributed by atoms with Crippen molar-refractivity contribution in [1.29, 1.82) is 0 Å². The van der Waals surface area contributed by atoms with Crippen molar-refractivity contribution in [3.8, 4) is 0 Å². The predicted molar refractivity (Wildman–Crippen MR) is 118 cm³/mol. The largest absolute Gasteiger partial charge is 0.380 e. The Labute approximate surface area is 179 Å². The molecule has 2 aliphatic heterocycles. The van der Waals surface area contributed by atoms with Crippen molar-refractivity contribution in [3.05, 3.63) is 66.0 Å². The second kappa shape index (κ2) is 9.04. The Morgan fingerprint density at radius 1 is 0.867 bits per heavy atom. The van der Waals surface area contributed by atoms with Gasteiger partial charge >= 0.3 is 0 Å². The van der Waals surface area contributed by atoms with Gasteiger partial charge in [-0.15, -0.1) is 0 Å². The summed E-state index contributed by atoms with van der Waals surface area (Å²) in [6.07, 6.45) is 0. The molecule has 0 N–H and O–H groups in total. The van der Waals surface area contributed by atoms with Crippen LogP contribution in [0.25, 0.3) is 0 Å². The molecule has 0 spiro atoms. The van der Waals surface area contributed by atoms with Gasteiger partial charge in [-0.05, 0) is 41.5 Å². The molecule has 5 heteroatoms. The van der Waals surface area contributed by atoms with Gasteiger partial charge in [-0.2, -0.15) is 0 Å². The lowest BCUT2D eigenvalue weighted by Crippen LogP contribution is -2.47. The van der Waals surface area contributed by atoms with Crippen LogP contribution < -0.4 is 4.90 Å². The van der Waals surface area contributed by atoms with Gasteiger partial charge in [0.05, 0.1) is 13.2 Å². The molecule has 3 aliphatic rings. The van der Waals surface area contributed by atoms with Crippen LogP contribution in [-0.2, 0) is 11.3 Å². The number of hydrogen-bond donors (Lipinski definition) is 0. The molecule has 0 radical (unpaired) electrons. The van der Waals surface area contributed by atoms with Gasteiger partial charge < -0.3 is 9.64 Å². The lowest BCUT2D eigenvalue weighted by atomic mass is 10.2. The van der Waals surface area contributed by atoms with Gasteiger partial charge in [0.2, 0.25) is 0 Å². The van der Waals surface area contributed by atoms with Crippen molar-refractivity contribution in [2.45, 2.75) is 6.54 Å². The van der Waals surface area contributed by atoms with Crippen molar-refractivity contribution in [3.63, 3.8) is 0 Å². The SMILES string of the molecule is Fc1cccc(N2CCN(CCOCC3C4CN(Cc5ccccc5)CC34)CC2)c1. The smallest absolute Gasteiger partial charge is 0.125 e. The first-order chi connectivity index (χ1) is 14.8. The van der Waals surface area contributed by atoms with Crippen LogP contribution in [0.4, 0.5) is 10.1 Å². The van der Waals surface area contributed by atoms with Crippen LogP contribution in [0.3, 0.4) is 0 Å². The Bertz CT molecular complexity index is 812. The van der Waals surface area contributed by atoms with Crippen molar-refractivity contribution >= 4 is 5.69 Å². The van der Waals surface area contributed by atoms with E-state index < -0.39 is 0 Å². The van der Waals surface area contributed by atoms with Gasteiger partial charge in [0.15, 0.2) is 0 Å². The molecule has 0 aromatic heterocycles. The lowest BCUT2D eigenvalue weighted by Gasteiger charge is -2.36. The summed E-state index contributed by atoms with van der Waals surface area (Å²) in [5.74, 6) is 2.32. The first-order valence-electron chi connectivity index (χ1n) is 11.3. The monoisotopic (exact) mass is 409 g/mol. The number of ether oxygens (including phenoxy) is 1. The summed E-state index contributed by atoms with van der Waals surface area (Å²) in [6, 6.07) is 17.7. The number of fused-ring (bicyclic) bond motifs is 1. The van der Waals surface area contributed by atoms with Crippen molar-refractivity contribution < 1.29 is 9.13 Å². The average Bonchev–Trinajstić information content (AvgIpc) is 3.22. The third-order valence-electron chi connectivity index (χ3n) is 7.10. The highest BCUT2D eigenvalue weighted by Crippen LogP contribution is 2.51. The Morgan fingerprint density at radius 2 is 1.63 bits per heavy atom. The molecule has 2 atom stereocenters. The molecule has 2 aromatic rings. The predicted octanol–water partition coefficient (Wildman–Crippen LogP) is 3.34. The second-order valence-electron chi connectivity index (χ2n) is 9.05. The lowest BCUT2D eigenvalue weighted by molar-refractivity contribution is 0.0842. The van der Waals surface area contributed by atoms with E-state index in [1.54, 1.807) is 12.1 Å². The van der Waals surface area contributed by atoms with Crippen molar-refractivity contribution in [1.82, 2.24) is 9.80 Å². The summed E-state index contributed by atoms with van der Waals surface area (Å²) in [4.78, 5) is 7.33. The number of piperidine rings is 1. The molecule has 2 saturated heterocycles. The first-order valence-corrected chi connectivity index (χ1v) is 11.3. The van der Waals surface area contributed by atoms with Crippen LogP contribution in [0.1, 0.15) is 5.56 Å². The second-order valence-corrected chi connectivity index (χ2v) is 9.05. The fraction of sp³-hybridized carbons (Fsp3) is 0.520. The van der Waals surface area contributed by atoms with Gasteiger partial charge in [-0.1, -0.05) is 36.4 Å². The summed E-state index contributed by atoms with van der Waals surface area (Å²) in [7, 11) is 0. The van der Waals surface area contributed by atoms with E-state index in [0.717, 1.165) is 75.9 Å². The van der Waals surface area contributed by atoms with E-state index in [2.05, 4.69) is 45.0 Å². The van der Waals surface area contributed by atoms with E-state index in [9.17, 15) is 4.39 Å². The highest BCUT2D eigenvalue weighted by atomic mass is 19.1. The maximum Gasteiger partial charge on any atom is 0.125 e. The molecule has 3 fully saturated rings. The van der Waals surface area contributed by atoms with Gasteiger partial charge in [-0.25, -0.2) is 4.39 Å². The molecule has 2 heterocycles. The number of anilines is 1. The van der Waals surface area contributed by atoms with E-state index in [1.165, 1.54) is 24.7 Å². The zero-order chi connectivity index (χ0) is 20.3. The minimum Gasteiger partial charge on any atom is -0.380 e. The first kappa shape index (κ1) is 20.0. The number of benzene rings is 2. The number of halogens is 1. The zero-order valence-electron chi connectivity index (χ0n) is 17.6. The van der Waals surface area contributed by atoms with Gasteiger partial charge in [0.25, 0.3) is 0 Å². The fourth-order valence-electron chi connectivity index (χ4n) is 5.27. The molecule has 5 rings (SSSR count). The van der Waals surface area contributed by atoms with E-state index in [-0.39, 0.29) is 5.82 Å². The highest BCUT2D eigenvalue weighted by Gasteiger charge is 2.55. The molecular weight excluding hydrogens is 377 g/mol. The Hall–Kier alpha value is -1.95. The molecular formula is C25H32FN3O. The molecule has 1 saturated carbocycles. The molecule has 160 valence electrons. The highest BCUT2D eigenvalue weighted by molar-refractivity contribution is 5.46. The Morgan fingerprint density at radius 3 is 2.37 bits per heavy atom. The minimum atomic E-state index is -0.156. The third-order valence-corrected chi connectivity index (χ3v) is 7.10. The summed E-state index contributed by atoms with van der Waals surface area (Å²) in [5.41, 5.74) is 2.41. The maximum absolute atomic E-state index is 13.4. The van der Waals surface area contributed by atoms with Crippen LogP contribution in [0, 0.1) is 23.6 Å². The quantitative estimate of drug-likeness (QED) is 0.623. The van der Waals surface area contributed by atoms with Crippen LogP contribution in [0.2, 0.25) is 0 Å². The summed E-state index contributed by atoms with van der Waals surface area (Å²) in [6.45, 7) is 10.2. The number of hydrogen-bond acceptors (Lipinski definition) is 4. The third kappa shape index (κ3) is 4.69. The topological polar surface area (TPSA) is 19.0 Å². The number of likely N-dealkylation sites (tertiary alicyclic amines) is 1. The standard InChI is InChI=1S/C25H32FN3O/c26-21-7-4-8-22(15-21)29-11-9-27(10-12-29)13-14-30-19-25-23-17-28(18-24(23)25)16-20-5-2-1-3-6-20/h1-8,15,23-25H,9-14,16-19H2. The van der Waals surface area contributed by atoms with Crippen LogP contribution >= 0.6 is 0 Å². The van der Waals surface area contributed by atoms with Gasteiger partial charge in [0, 0.05) is 58.0 Å². The maximum atomic E-state index is 13.4. The fourth-order valence-corrected chi connectivity index (χ4v) is 5.27. The molecule has 30 heavy (non-hydrogen) atoms.